The second kappa shape index (κ2) is 13.2. The smallest absolute Gasteiger partial charge is 0.349 e. The first-order valence-electron chi connectivity index (χ1n) is 14.5. The van der Waals surface area contributed by atoms with E-state index in [9.17, 15) is 14.9 Å². The molecule has 0 bridgehead atoms. The number of hydrogen-bond donors (Lipinski definition) is 0. The molecule has 0 aromatic carbocycles. The van der Waals surface area contributed by atoms with Gasteiger partial charge in [-0.05, 0) is 0 Å². The third-order valence-corrected chi connectivity index (χ3v) is 14.8. The van der Waals surface area contributed by atoms with Gasteiger partial charge in [-0.3, -0.25) is 9.59 Å². The summed E-state index contributed by atoms with van der Waals surface area (Å²) >= 11 is 1.44. The molecule has 0 saturated carbocycles. The standard InChI is InChI=1S/C29H49NO9SSi/c1-16-17(2)26(36-21(14-33-19(4)31)23(16)35-20(5)32)38-24-18(3)27(40-13-12-30)37-22-15-34-41(28(6,7)8,29(9,10)11)39-25(22)24/h16-18,21-27H,13-15H2,1-11H3/t16?,17?,18-,21?,22?,23+,24?,25+,26-,27-/m0/s1. The predicted octanol–water partition coefficient (Wildman–Crippen LogP) is 4.94. The zero-order chi connectivity index (χ0) is 30.9. The van der Waals surface area contributed by atoms with Crippen LogP contribution >= 0.6 is 11.8 Å². The van der Waals surface area contributed by atoms with Crippen molar-refractivity contribution in [3.8, 4) is 6.07 Å². The SMILES string of the molecule is CC(=O)OCC1O[C@@H](OC2[C@@H]3O[Si](C(C)(C)C)(C(C)(C)C)OCC3O[C@@H](SCC#N)[C@H]2C)C(C)C(C)[C@H]1OC(C)=O. The average Bonchev–Trinajstić information content (AvgIpc) is 2.86. The molecular weight excluding hydrogens is 566 g/mol. The van der Waals surface area contributed by atoms with E-state index < -0.39 is 51.2 Å². The van der Waals surface area contributed by atoms with E-state index in [0.29, 0.717) is 6.61 Å². The molecule has 5 unspecified atom stereocenters. The molecule has 0 aromatic heterocycles. The van der Waals surface area contributed by atoms with E-state index in [-0.39, 0.29) is 51.7 Å². The lowest BCUT2D eigenvalue weighted by molar-refractivity contribution is -0.316. The van der Waals surface area contributed by atoms with Crippen LogP contribution in [0.4, 0.5) is 0 Å². The van der Waals surface area contributed by atoms with Crippen LogP contribution in [0.2, 0.25) is 10.1 Å². The first kappa shape index (κ1) is 34.3. The summed E-state index contributed by atoms with van der Waals surface area (Å²) in [4.78, 5) is 23.5. The van der Waals surface area contributed by atoms with Crippen LogP contribution < -0.4 is 0 Å². The van der Waals surface area contributed by atoms with Gasteiger partial charge in [-0.15, -0.1) is 11.8 Å². The van der Waals surface area contributed by atoms with Crippen LogP contribution in [-0.4, -0.2) is 81.7 Å². The van der Waals surface area contributed by atoms with Crippen LogP contribution in [0.15, 0.2) is 0 Å². The van der Waals surface area contributed by atoms with Crippen LogP contribution in [0, 0.1) is 29.1 Å². The number of rotatable bonds is 7. The number of hydrogen-bond acceptors (Lipinski definition) is 11. The van der Waals surface area contributed by atoms with Gasteiger partial charge in [-0.1, -0.05) is 62.3 Å². The summed E-state index contributed by atoms with van der Waals surface area (Å²) in [6.45, 7) is 22.1. The number of nitriles is 1. The molecule has 3 aliphatic heterocycles. The summed E-state index contributed by atoms with van der Waals surface area (Å²) in [6.07, 6.45) is -3.18. The summed E-state index contributed by atoms with van der Waals surface area (Å²) in [5, 5.41) is 8.81. The summed E-state index contributed by atoms with van der Waals surface area (Å²) in [5.41, 5.74) is -0.298. The highest BCUT2D eigenvalue weighted by Gasteiger charge is 2.65. The Kier molecular flexibility index (Phi) is 11.0. The van der Waals surface area contributed by atoms with Gasteiger partial charge in [0.25, 0.3) is 0 Å². The molecule has 0 amide bonds. The van der Waals surface area contributed by atoms with Crippen molar-refractivity contribution in [1.29, 1.82) is 5.26 Å². The van der Waals surface area contributed by atoms with Crippen molar-refractivity contribution in [3.63, 3.8) is 0 Å². The summed E-state index contributed by atoms with van der Waals surface area (Å²) in [6, 6.07) is 2.20. The molecule has 0 radical (unpaired) electrons. The molecule has 3 fully saturated rings. The molecule has 234 valence electrons. The number of fused-ring (bicyclic) bond motifs is 1. The fourth-order valence-electron chi connectivity index (χ4n) is 6.44. The van der Waals surface area contributed by atoms with Crippen LogP contribution in [0.5, 0.6) is 0 Å². The van der Waals surface area contributed by atoms with Crippen LogP contribution in [0.3, 0.4) is 0 Å². The number of esters is 2. The second-order valence-electron chi connectivity index (χ2n) is 13.6. The fraction of sp³-hybridized carbons (Fsp3) is 0.897. The Morgan fingerprint density at radius 1 is 0.951 bits per heavy atom. The predicted molar refractivity (Wildman–Crippen MR) is 156 cm³/mol. The minimum absolute atomic E-state index is 0.0609. The topological polar surface area (TPSA) is 123 Å². The van der Waals surface area contributed by atoms with E-state index in [0.717, 1.165) is 0 Å². The quantitative estimate of drug-likeness (QED) is 0.286. The first-order chi connectivity index (χ1) is 18.9. The van der Waals surface area contributed by atoms with Gasteiger partial charge in [0.2, 0.25) is 0 Å². The van der Waals surface area contributed by atoms with Crippen LogP contribution in [-0.2, 0) is 42.1 Å². The molecule has 3 saturated heterocycles. The lowest BCUT2D eigenvalue weighted by atomic mass is 9.84. The zero-order valence-corrected chi connectivity index (χ0v) is 28.2. The highest BCUT2D eigenvalue weighted by Crippen LogP contribution is 2.56. The zero-order valence-electron chi connectivity index (χ0n) is 26.4. The van der Waals surface area contributed by atoms with Crippen molar-refractivity contribution in [3.05, 3.63) is 0 Å². The molecule has 3 heterocycles. The number of thioether (sulfide) groups is 1. The van der Waals surface area contributed by atoms with Gasteiger partial charge in [0, 0.05) is 41.7 Å². The summed E-state index contributed by atoms with van der Waals surface area (Å²) in [5.74, 6) is -1.02. The minimum atomic E-state index is -2.85. The third-order valence-electron chi connectivity index (χ3n) is 8.48. The largest absolute Gasteiger partial charge is 0.463 e. The van der Waals surface area contributed by atoms with Crippen molar-refractivity contribution < 1.29 is 42.1 Å². The Balaban J connectivity index is 1.96. The van der Waals surface area contributed by atoms with Crippen molar-refractivity contribution in [2.75, 3.05) is 19.0 Å². The maximum absolute atomic E-state index is 11.9. The Morgan fingerprint density at radius 2 is 1.59 bits per heavy atom. The van der Waals surface area contributed by atoms with Crippen molar-refractivity contribution in [2.45, 2.75) is 128 Å². The normalized spacial score (nSPS) is 37.4. The molecular formula is C29H49NO9SSi. The van der Waals surface area contributed by atoms with Gasteiger partial charge in [0.1, 0.15) is 36.5 Å². The molecule has 3 rings (SSSR count). The maximum Gasteiger partial charge on any atom is 0.349 e. The Labute approximate surface area is 250 Å². The molecule has 10 atom stereocenters. The number of carbonyl (C=O) groups is 2. The highest BCUT2D eigenvalue weighted by molar-refractivity contribution is 7.99. The van der Waals surface area contributed by atoms with Crippen LogP contribution in [0.25, 0.3) is 0 Å². The molecule has 0 aromatic rings. The van der Waals surface area contributed by atoms with Gasteiger partial charge >= 0.3 is 20.5 Å². The number of carbonyl (C=O) groups excluding carboxylic acids is 2. The fourth-order valence-corrected chi connectivity index (χ4v) is 12.3. The molecule has 41 heavy (non-hydrogen) atoms. The lowest BCUT2D eigenvalue weighted by Gasteiger charge is -2.58. The second-order valence-corrected chi connectivity index (χ2v) is 19.5. The molecule has 10 nitrogen and oxygen atoms in total. The Bertz CT molecular complexity index is 963. The van der Waals surface area contributed by atoms with Crippen molar-refractivity contribution in [1.82, 2.24) is 0 Å². The number of ether oxygens (including phenoxy) is 5. The van der Waals surface area contributed by atoms with E-state index in [2.05, 4.69) is 54.5 Å². The Hall–Kier alpha value is -1.20. The molecule has 3 aliphatic rings. The van der Waals surface area contributed by atoms with Crippen LogP contribution in [0.1, 0.15) is 76.2 Å². The molecule has 0 aliphatic carbocycles. The van der Waals surface area contributed by atoms with Gasteiger partial charge < -0.3 is 32.5 Å². The van der Waals surface area contributed by atoms with E-state index in [1.807, 2.05) is 13.8 Å². The van der Waals surface area contributed by atoms with Gasteiger partial charge in [0.05, 0.1) is 24.5 Å². The summed E-state index contributed by atoms with van der Waals surface area (Å²) in [7, 11) is -2.85. The maximum atomic E-state index is 11.9. The lowest BCUT2D eigenvalue weighted by Crippen LogP contribution is -2.70. The summed E-state index contributed by atoms with van der Waals surface area (Å²) < 4.78 is 44.5. The third kappa shape index (κ3) is 7.31. The average molecular weight is 616 g/mol. The van der Waals surface area contributed by atoms with E-state index in [1.165, 1.54) is 25.6 Å². The van der Waals surface area contributed by atoms with E-state index in [1.54, 1.807) is 0 Å². The monoisotopic (exact) mass is 615 g/mol. The highest BCUT2D eigenvalue weighted by atomic mass is 32.2. The Morgan fingerprint density at radius 3 is 2.12 bits per heavy atom. The van der Waals surface area contributed by atoms with Gasteiger partial charge in [0.15, 0.2) is 6.29 Å². The van der Waals surface area contributed by atoms with Gasteiger partial charge in [-0.25, -0.2) is 0 Å². The molecule has 0 N–H and O–H groups in total. The molecule has 12 heteroatoms. The van der Waals surface area contributed by atoms with Gasteiger partial charge in [-0.2, -0.15) is 5.26 Å². The van der Waals surface area contributed by atoms with E-state index in [4.69, 9.17) is 32.5 Å². The van der Waals surface area contributed by atoms with Crippen molar-refractivity contribution in [2.24, 2.45) is 17.8 Å². The number of nitrogens with zero attached hydrogens (tertiary/aromatic N) is 1. The molecule has 0 spiro atoms. The first-order valence-corrected chi connectivity index (χ1v) is 17.4. The van der Waals surface area contributed by atoms with Crippen molar-refractivity contribution >= 4 is 32.3 Å². The minimum Gasteiger partial charge on any atom is -0.463 e. The van der Waals surface area contributed by atoms with E-state index >= 15 is 0 Å².